The van der Waals surface area contributed by atoms with Crippen LogP contribution in [0.3, 0.4) is 0 Å². The zero-order chi connectivity index (χ0) is 13.8. The number of benzene rings is 2. The van der Waals surface area contributed by atoms with Crippen molar-refractivity contribution in [2.24, 2.45) is 5.73 Å². The standard InChI is InChI=1S/C15H15ClFNO/c1-10-2-5-13(7-15(10)17)19-9-12-4-3-11(8-18)6-14(12)16/h2-7H,8-9,18H2,1H3. The molecule has 0 fully saturated rings. The second-order valence-electron chi connectivity index (χ2n) is 4.33. The maximum absolute atomic E-state index is 13.4. The topological polar surface area (TPSA) is 35.2 Å². The third-order valence-electron chi connectivity index (χ3n) is 2.89. The van der Waals surface area contributed by atoms with Gasteiger partial charge in [0.15, 0.2) is 0 Å². The Balaban J connectivity index is 2.07. The predicted octanol–water partition coefficient (Wildman–Crippen LogP) is 3.83. The number of ether oxygens (including phenoxy) is 1. The van der Waals surface area contributed by atoms with Crippen molar-refractivity contribution in [2.75, 3.05) is 0 Å². The highest BCUT2D eigenvalue weighted by atomic mass is 35.5. The third-order valence-corrected chi connectivity index (χ3v) is 3.24. The number of rotatable bonds is 4. The molecule has 19 heavy (non-hydrogen) atoms. The number of halogens is 2. The molecule has 2 aromatic carbocycles. The fraction of sp³-hybridized carbons (Fsp3) is 0.200. The summed E-state index contributed by atoms with van der Waals surface area (Å²) in [7, 11) is 0. The van der Waals surface area contributed by atoms with Gasteiger partial charge in [0, 0.05) is 23.2 Å². The Morgan fingerprint density at radius 3 is 2.63 bits per heavy atom. The summed E-state index contributed by atoms with van der Waals surface area (Å²) >= 11 is 6.12. The van der Waals surface area contributed by atoms with Crippen LogP contribution in [0.5, 0.6) is 5.75 Å². The molecule has 2 rings (SSSR count). The van der Waals surface area contributed by atoms with Crippen LogP contribution in [0.15, 0.2) is 36.4 Å². The Kier molecular flexibility index (Phi) is 4.40. The van der Waals surface area contributed by atoms with E-state index in [0.717, 1.165) is 11.1 Å². The van der Waals surface area contributed by atoms with Crippen LogP contribution in [0.1, 0.15) is 16.7 Å². The van der Waals surface area contributed by atoms with Gasteiger partial charge in [-0.3, -0.25) is 0 Å². The Bertz CT molecular complexity index is 586. The molecule has 0 aromatic heterocycles. The molecule has 0 unspecified atom stereocenters. The summed E-state index contributed by atoms with van der Waals surface area (Å²) in [5.74, 6) is 0.212. The molecule has 0 spiro atoms. The molecule has 0 bridgehead atoms. The van der Waals surface area contributed by atoms with Gasteiger partial charge in [-0.15, -0.1) is 0 Å². The lowest BCUT2D eigenvalue weighted by Gasteiger charge is -2.09. The van der Waals surface area contributed by atoms with Gasteiger partial charge in [-0.05, 0) is 30.2 Å². The fourth-order valence-corrected chi connectivity index (χ4v) is 1.92. The van der Waals surface area contributed by atoms with Crippen molar-refractivity contribution in [3.63, 3.8) is 0 Å². The van der Waals surface area contributed by atoms with E-state index in [0.29, 0.717) is 29.5 Å². The molecule has 0 aliphatic carbocycles. The van der Waals surface area contributed by atoms with Crippen LogP contribution >= 0.6 is 11.6 Å². The normalized spacial score (nSPS) is 10.5. The minimum atomic E-state index is -0.276. The largest absolute Gasteiger partial charge is 0.489 e. The van der Waals surface area contributed by atoms with Gasteiger partial charge in [0.05, 0.1) is 0 Å². The van der Waals surface area contributed by atoms with E-state index in [1.54, 1.807) is 19.1 Å². The first-order valence-electron chi connectivity index (χ1n) is 5.96. The van der Waals surface area contributed by atoms with Crippen LogP contribution in [-0.4, -0.2) is 0 Å². The quantitative estimate of drug-likeness (QED) is 0.923. The average molecular weight is 280 g/mol. The molecule has 0 saturated heterocycles. The molecule has 0 heterocycles. The number of hydrogen-bond donors (Lipinski definition) is 1. The minimum absolute atomic E-state index is 0.276. The van der Waals surface area contributed by atoms with Gasteiger partial charge >= 0.3 is 0 Å². The van der Waals surface area contributed by atoms with Crippen LogP contribution in [0.25, 0.3) is 0 Å². The van der Waals surface area contributed by atoms with E-state index in [4.69, 9.17) is 22.1 Å². The Morgan fingerprint density at radius 2 is 2.00 bits per heavy atom. The van der Waals surface area contributed by atoms with Gasteiger partial charge in [0.2, 0.25) is 0 Å². The first kappa shape index (κ1) is 13.8. The lowest BCUT2D eigenvalue weighted by atomic mass is 10.1. The van der Waals surface area contributed by atoms with Gasteiger partial charge in [-0.25, -0.2) is 4.39 Å². The van der Waals surface area contributed by atoms with E-state index in [9.17, 15) is 4.39 Å². The second-order valence-corrected chi connectivity index (χ2v) is 4.74. The zero-order valence-electron chi connectivity index (χ0n) is 10.6. The van der Waals surface area contributed by atoms with Crippen molar-refractivity contribution in [1.29, 1.82) is 0 Å². The Labute approximate surface area is 117 Å². The molecule has 2 aromatic rings. The van der Waals surface area contributed by atoms with E-state index >= 15 is 0 Å². The molecule has 0 saturated carbocycles. The lowest BCUT2D eigenvalue weighted by Crippen LogP contribution is -2.00. The number of nitrogens with two attached hydrogens (primary N) is 1. The van der Waals surface area contributed by atoms with Crippen LogP contribution in [-0.2, 0) is 13.2 Å². The summed E-state index contributed by atoms with van der Waals surface area (Å²) in [5.41, 5.74) is 7.94. The van der Waals surface area contributed by atoms with Crippen molar-refractivity contribution in [1.82, 2.24) is 0 Å². The third kappa shape index (κ3) is 3.46. The van der Waals surface area contributed by atoms with E-state index in [-0.39, 0.29) is 5.82 Å². The molecule has 0 aliphatic rings. The van der Waals surface area contributed by atoms with Crippen molar-refractivity contribution in [3.05, 3.63) is 63.9 Å². The van der Waals surface area contributed by atoms with Crippen LogP contribution < -0.4 is 10.5 Å². The van der Waals surface area contributed by atoms with Crippen molar-refractivity contribution in [2.45, 2.75) is 20.1 Å². The second kappa shape index (κ2) is 6.04. The summed E-state index contributed by atoms with van der Waals surface area (Å²) in [6, 6.07) is 10.4. The number of hydrogen-bond acceptors (Lipinski definition) is 2. The summed E-state index contributed by atoms with van der Waals surface area (Å²) in [6.07, 6.45) is 0. The molecule has 4 heteroatoms. The van der Waals surface area contributed by atoms with E-state index in [2.05, 4.69) is 0 Å². The first-order valence-corrected chi connectivity index (χ1v) is 6.34. The van der Waals surface area contributed by atoms with Crippen LogP contribution in [0.4, 0.5) is 4.39 Å². The van der Waals surface area contributed by atoms with E-state index < -0.39 is 0 Å². The van der Waals surface area contributed by atoms with Gasteiger partial charge in [-0.1, -0.05) is 29.8 Å². The van der Waals surface area contributed by atoms with Crippen LogP contribution in [0.2, 0.25) is 5.02 Å². The molecule has 0 aliphatic heterocycles. The van der Waals surface area contributed by atoms with Crippen molar-refractivity contribution < 1.29 is 9.13 Å². The lowest BCUT2D eigenvalue weighted by molar-refractivity contribution is 0.304. The van der Waals surface area contributed by atoms with Gasteiger partial charge < -0.3 is 10.5 Å². The highest BCUT2D eigenvalue weighted by molar-refractivity contribution is 6.31. The molecule has 2 N–H and O–H groups in total. The molecule has 0 radical (unpaired) electrons. The molecule has 100 valence electrons. The highest BCUT2D eigenvalue weighted by Gasteiger charge is 2.04. The Hall–Kier alpha value is -1.58. The first-order chi connectivity index (χ1) is 9.10. The van der Waals surface area contributed by atoms with Gasteiger partial charge in [0.1, 0.15) is 18.2 Å². The fourth-order valence-electron chi connectivity index (χ4n) is 1.66. The van der Waals surface area contributed by atoms with Crippen molar-refractivity contribution in [3.8, 4) is 5.75 Å². The summed E-state index contributed by atoms with van der Waals surface area (Å²) in [4.78, 5) is 0. The van der Waals surface area contributed by atoms with Gasteiger partial charge in [-0.2, -0.15) is 0 Å². The van der Waals surface area contributed by atoms with Gasteiger partial charge in [0.25, 0.3) is 0 Å². The summed E-state index contributed by atoms with van der Waals surface area (Å²) in [5, 5.41) is 0.607. The predicted molar refractivity (Wildman–Crippen MR) is 74.8 cm³/mol. The highest BCUT2D eigenvalue weighted by Crippen LogP contribution is 2.21. The molecular formula is C15H15ClFNO. The maximum Gasteiger partial charge on any atom is 0.129 e. The summed E-state index contributed by atoms with van der Waals surface area (Å²) < 4.78 is 18.9. The molecule has 0 amide bonds. The SMILES string of the molecule is Cc1ccc(OCc2ccc(CN)cc2Cl)cc1F. The molecule has 2 nitrogen and oxygen atoms in total. The van der Waals surface area contributed by atoms with E-state index in [1.165, 1.54) is 6.07 Å². The molecule has 0 atom stereocenters. The average Bonchev–Trinajstić information content (AvgIpc) is 2.41. The zero-order valence-corrected chi connectivity index (χ0v) is 11.4. The minimum Gasteiger partial charge on any atom is -0.489 e. The number of aryl methyl sites for hydroxylation is 1. The van der Waals surface area contributed by atoms with E-state index in [1.807, 2.05) is 18.2 Å². The molecular weight excluding hydrogens is 265 g/mol. The monoisotopic (exact) mass is 279 g/mol. The maximum atomic E-state index is 13.4. The van der Waals surface area contributed by atoms with Crippen molar-refractivity contribution >= 4 is 11.6 Å². The Morgan fingerprint density at radius 1 is 1.21 bits per heavy atom. The van der Waals surface area contributed by atoms with Crippen LogP contribution in [0, 0.1) is 12.7 Å². The smallest absolute Gasteiger partial charge is 0.129 e. The summed E-state index contributed by atoms with van der Waals surface area (Å²) in [6.45, 7) is 2.46.